The second kappa shape index (κ2) is 11.0. The monoisotopic (exact) mass is 561 g/mol. The van der Waals surface area contributed by atoms with Crippen molar-refractivity contribution in [2.45, 2.75) is 6.17 Å². The minimum atomic E-state index is -0.260. The zero-order chi connectivity index (χ0) is 29.3. The molecule has 0 saturated carbocycles. The van der Waals surface area contributed by atoms with Crippen LogP contribution in [0.2, 0.25) is 0 Å². The van der Waals surface area contributed by atoms with Gasteiger partial charge in [-0.15, -0.1) is 12.7 Å². The minimum absolute atomic E-state index is 0.260. The first-order chi connectivity index (χ1) is 21.1. The average Bonchev–Trinajstić information content (AvgIpc) is 3.46. The number of para-hydroxylation sites is 1. The molecule has 0 bridgehead atoms. The van der Waals surface area contributed by atoms with Gasteiger partial charge in [-0.1, -0.05) is 84.9 Å². The lowest BCUT2D eigenvalue weighted by Crippen LogP contribution is -2.24. The molecule has 7 rings (SSSR count). The van der Waals surface area contributed by atoms with Crippen LogP contribution >= 0.6 is 0 Å². The van der Waals surface area contributed by atoms with Crippen LogP contribution in [0, 0.1) is 0 Å². The standard InChI is InChI=1S/C37H29N4O2/c1-38-31-18-16-26(20-34(31)41(2)23-42)25-11-8-12-27(19-25)32-22-33(40-37(39-32)24-9-4-3-5-10-24)28-15-17-30-29-13-6-7-14-35(29)43-36(30)21-28/h3-23,37H,1-2H3,(H,39,40)/q-1. The van der Waals surface area contributed by atoms with Gasteiger partial charge in [0.15, 0.2) is 0 Å². The van der Waals surface area contributed by atoms with E-state index in [4.69, 9.17) is 9.41 Å². The third-order valence-corrected chi connectivity index (χ3v) is 7.89. The van der Waals surface area contributed by atoms with Crippen LogP contribution in [-0.2, 0) is 4.79 Å². The highest BCUT2D eigenvalue weighted by Gasteiger charge is 2.20. The van der Waals surface area contributed by atoms with Crippen LogP contribution in [0.5, 0.6) is 0 Å². The molecule has 0 spiro atoms. The summed E-state index contributed by atoms with van der Waals surface area (Å²) in [5.74, 6) is 0. The predicted octanol–water partition coefficient (Wildman–Crippen LogP) is 8.61. The SMILES string of the molecule is C[N-]c1ccc(-c2cccc(C3=NC(c4ccccc4)NC(c4ccc5c(c4)oc4ccccc45)=C3)c2)cc1N(C)C=O. The summed E-state index contributed by atoms with van der Waals surface area (Å²) < 4.78 is 6.21. The number of benzene rings is 5. The molecule has 1 aromatic heterocycles. The molecule has 1 N–H and O–H groups in total. The Hall–Kier alpha value is -5.62. The van der Waals surface area contributed by atoms with Gasteiger partial charge >= 0.3 is 0 Å². The quantitative estimate of drug-likeness (QED) is 0.198. The van der Waals surface area contributed by atoms with Crippen molar-refractivity contribution >= 4 is 51.1 Å². The number of amides is 1. The molecule has 1 aliphatic heterocycles. The van der Waals surface area contributed by atoms with Crippen LogP contribution < -0.4 is 10.2 Å². The van der Waals surface area contributed by atoms with Gasteiger partial charge in [-0.2, -0.15) is 0 Å². The zero-order valence-corrected chi connectivity index (χ0v) is 23.9. The summed E-state index contributed by atoms with van der Waals surface area (Å²) in [6.07, 6.45) is 2.64. The molecule has 1 aliphatic rings. The third kappa shape index (κ3) is 4.93. The summed E-state index contributed by atoms with van der Waals surface area (Å²) in [7, 11) is 3.46. The number of nitrogens with one attached hydrogen (secondary N) is 1. The number of aliphatic imine (C=N–C) groups is 1. The van der Waals surface area contributed by atoms with E-state index in [0.717, 1.165) is 78.9 Å². The van der Waals surface area contributed by atoms with Crippen molar-refractivity contribution in [2.75, 3.05) is 19.0 Å². The van der Waals surface area contributed by atoms with Gasteiger partial charge in [0.2, 0.25) is 6.41 Å². The van der Waals surface area contributed by atoms with E-state index in [1.165, 1.54) is 0 Å². The van der Waals surface area contributed by atoms with Crippen molar-refractivity contribution in [3.63, 3.8) is 0 Å². The molecule has 1 atom stereocenters. The molecule has 5 aromatic carbocycles. The number of rotatable bonds is 7. The van der Waals surface area contributed by atoms with E-state index in [1.807, 2.05) is 60.7 Å². The molecule has 6 aromatic rings. The molecular formula is C37H29N4O2-. The molecule has 43 heavy (non-hydrogen) atoms. The maximum absolute atomic E-state index is 11.5. The van der Waals surface area contributed by atoms with Crippen LogP contribution in [0.25, 0.3) is 44.1 Å². The van der Waals surface area contributed by atoms with Gasteiger partial charge in [0.25, 0.3) is 0 Å². The smallest absolute Gasteiger partial charge is 0.213 e. The molecule has 0 aliphatic carbocycles. The summed E-state index contributed by atoms with van der Waals surface area (Å²) in [4.78, 5) is 18.2. The fourth-order valence-corrected chi connectivity index (χ4v) is 5.63. The lowest BCUT2D eigenvalue weighted by atomic mass is 9.97. The first kappa shape index (κ1) is 26.3. The first-order valence-corrected chi connectivity index (χ1v) is 14.2. The Labute approximate surface area is 250 Å². The molecule has 6 heteroatoms. The Kier molecular flexibility index (Phi) is 6.72. The number of anilines is 1. The Balaban J connectivity index is 1.31. The van der Waals surface area contributed by atoms with Gasteiger partial charge in [0.1, 0.15) is 17.3 Å². The number of hydrogen-bond donors (Lipinski definition) is 1. The predicted molar refractivity (Wildman–Crippen MR) is 176 cm³/mol. The maximum atomic E-state index is 11.5. The van der Waals surface area contributed by atoms with Gasteiger partial charge in [-0.05, 0) is 53.1 Å². The van der Waals surface area contributed by atoms with Crippen LogP contribution in [-0.4, -0.2) is 26.2 Å². The van der Waals surface area contributed by atoms with Crippen LogP contribution in [0.3, 0.4) is 0 Å². The lowest BCUT2D eigenvalue weighted by Gasteiger charge is -2.25. The van der Waals surface area contributed by atoms with Crippen LogP contribution in [0.1, 0.15) is 22.9 Å². The van der Waals surface area contributed by atoms with Crippen molar-refractivity contribution < 1.29 is 9.21 Å². The Morgan fingerprint density at radius 3 is 2.35 bits per heavy atom. The second-order valence-corrected chi connectivity index (χ2v) is 10.6. The molecule has 6 nitrogen and oxygen atoms in total. The largest absolute Gasteiger partial charge is 0.685 e. The van der Waals surface area contributed by atoms with E-state index >= 15 is 0 Å². The van der Waals surface area contributed by atoms with E-state index in [2.05, 4.69) is 71.3 Å². The number of fused-ring (bicyclic) bond motifs is 3. The Morgan fingerprint density at radius 2 is 1.51 bits per heavy atom. The number of carbonyl (C=O) groups excluding carboxylic acids is 1. The molecule has 1 amide bonds. The lowest BCUT2D eigenvalue weighted by molar-refractivity contribution is -0.107. The maximum Gasteiger partial charge on any atom is 0.213 e. The number of nitrogens with zero attached hydrogens (tertiary/aromatic N) is 3. The van der Waals surface area contributed by atoms with E-state index < -0.39 is 0 Å². The first-order valence-electron chi connectivity index (χ1n) is 14.2. The summed E-state index contributed by atoms with van der Waals surface area (Å²) in [6, 6.07) is 39.1. The summed E-state index contributed by atoms with van der Waals surface area (Å²) >= 11 is 0. The van der Waals surface area contributed by atoms with Crippen molar-refractivity contribution in [3.8, 4) is 11.1 Å². The molecule has 1 unspecified atom stereocenters. The average molecular weight is 562 g/mol. The van der Waals surface area contributed by atoms with Crippen molar-refractivity contribution in [1.82, 2.24) is 5.32 Å². The van der Waals surface area contributed by atoms with Gasteiger partial charge in [0, 0.05) is 40.3 Å². The molecular weight excluding hydrogens is 532 g/mol. The second-order valence-electron chi connectivity index (χ2n) is 10.6. The number of furan rings is 1. The summed E-state index contributed by atoms with van der Waals surface area (Å²) in [5, 5.41) is 10.2. The van der Waals surface area contributed by atoms with Gasteiger partial charge in [-0.25, -0.2) is 0 Å². The highest BCUT2D eigenvalue weighted by molar-refractivity contribution is 6.14. The van der Waals surface area contributed by atoms with E-state index in [-0.39, 0.29) is 6.17 Å². The van der Waals surface area contributed by atoms with E-state index in [0.29, 0.717) is 0 Å². The Bertz CT molecular complexity index is 2040. The van der Waals surface area contributed by atoms with Crippen LogP contribution in [0.4, 0.5) is 11.4 Å². The van der Waals surface area contributed by atoms with Gasteiger partial charge in [0.05, 0.1) is 5.71 Å². The fraction of sp³-hybridized carbons (Fsp3) is 0.0811. The van der Waals surface area contributed by atoms with Gasteiger partial charge in [-0.3, -0.25) is 9.79 Å². The van der Waals surface area contributed by atoms with E-state index in [1.54, 1.807) is 19.0 Å². The van der Waals surface area contributed by atoms with Crippen molar-refractivity contribution in [2.24, 2.45) is 4.99 Å². The van der Waals surface area contributed by atoms with Crippen molar-refractivity contribution in [1.29, 1.82) is 0 Å². The highest BCUT2D eigenvalue weighted by atomic mass is 16.3. The normalized spacial score (nSPS) is 14.6. The number of allylic oxidation sites excluding steroid dienone is 1. The van der Waals surface area contributed by atoms with Crippen molar-refractivity contribution in [3.05, 3.63) is 143 Å². The molecule has 0 saturated heterocycles. The molecule has 0 fully saturated rings. The number of hydrogen-bond acceptors (Lipinski definition) is 4. The van der Waals surface area contributed by atoms with Crippen LogP contribution in [0.15, 0.2) is 131 Å². The summed E-state index contributed by atoms with van der Waals surface area (Å²) in [6.45, 7) is 0. The fourth-order valence-electron chi connectivity index (χ4n) is 5.63. The molecule has 210 valence electrons. The minimum Gasteiger partial charge on any atom is -0.685 e. The summed E-state index contributed by atoms with van der Waals surface area (Å²) in [5.41, 5.74) is 10.2. The molecule has 0 radical (unpaired) electrons. The van der Waals surface area contributed by atoms with E-state index in [9.17, 15) is 4.79 Å². The Morgan fingerprint density at radius 1 is 0.767 bits per heavy atom. The molecule has 2 heterocycles. The highest BCUT2D eigenvalue weighted by Crippen LogP contribution is 2.36. The third-order valence-electron chi connectivity index (χ3n) is 7.89. The number of carbonyl (C=O) groups is 1. The topological polar surface area (TPSA) is 71.9 Å². The van der Waals surface area contributed by atoms with Gasteiger partial charge < -0.3 is 20.0 Å². The zero-order valence-electron chi connectivity index (χ0n) is 23.9.